The van der Waals surface area contributed by atoms with Crippen LogP contribution in [-0.4, -0.2) is 31.7 Å². The zero-order valence-corrected chi connectivity index (χ0v) is 11.6. The van der Waals surface area contributed by atoms with Crippen LogP contribution in [0, 0.1) is 6.92 Å². The molecule has 0 fully saturated rings. The standard InChI is InChI=1S/C14H14N4O3/c1-9-12(8-18(2)17-9)16-14(21)11-5-6-15-7-10(11)3-4-13(19)20/h3-8H,1-2H3,(H,16,21)(H,19,20)/b4-3+. The summed E-state index contributed by atoms with van der Waals surface area (Å²) in [7, 11) is 1.76. The predicted octanol–water partition coefficient (Wildman–Crippen LogP) is 1.47. The van der Waals surface area contributed by atoms with Crippen LogP contribution in [0.3, 0.4) is 0 Å². The van der Waals surface area contributed by atoms with E-state index in [9.17, 15) is 9.59 Å². The van der Waals surface area contributed by atoms with Gasteiger partial charge in [-0.1, -0.05) is 0 Å². The van der Waals surface area contributed by atoms with Crippen LogP contribution in [0.1, 0.15) is 21.6 Å². The fraction of sp³-hybridized carbons (Fsp3) is 0.143. The number of hydrogen-bond donors (Lipinski definition) is 2. The first kappa shape index (κ1) is 14.4. The molecule has 7 nitrogen and oxygen atoms in total. The molecule has 0 aliphatic carbocycles. The van der Waals surface area contributed by atoms with E-state index in [1.165, 1.54) is 24.5 Å². The molecule has 1 amide bonds. The monoisotopic (exact) mass is 286 g/mol. The lowest BCUT2D eigenvalue weighted by Crippen LogP contribution is -2.13. The highest BCUT2D eigenvalue weighted by atomic mass is 16.4. The summed E-state index contributed by atoms with van der Waals surface area (Å²) in [5.74, 6) is -1.44. The van der Waals surface area contributed by atoms with Crippen LogP contribution in [-0.2, 0) is 11.8 Å². The molecule has 21 heavy (non-hydrogen) atoms. The van der Waals surface area contributed by atoms with E-state index in [-0.39, 0.29) is 5.91 Å². The van der Waals surface area contributed by atoms with Gasteiger partial charge in [0.15, 0.2) is 0 Å². The van der Waals surface area contributed by atoms with Crippen LogP contribution in [0.15, 0.2) is 30.7 Å². The van der Waals surface area contributed by atoms with E-state index in [2.05, 4.69) is 15.4 Å². The number of carboxylic acids is 1. The molecule has 0 aliphatic rings. The highest BCUT2D eigenvalue weighted by Gasteiger charge is 2.12. The number of nitrogens with zero attached hydrogens (tertiary/aromatic N) is 3. The molecule has 2 N–H and O–H groups in total. The molecule has 2 aromatic heterocycles. The van der Waals surface area contributed by atoms with Crippen LogP contribution in [0.4, 0.5) is 5.69 Å². The van der Waals surface area contributed by atoms with Gasteiger partial charge in [-0.3, -0.25) is 14.5 Å². The lowest BCUT2D eigenvalue weighted by atomic mass is 10.1. The predicted molar refractivity (Wildman–Crippen MR) is 76.8 cm³/mol. The van der Waals surface area contributed by atoms with Gasteiger partial charge >= 0.3 is 5.97 Å². The van der Waals surface area contributed by atoms with Crippen molar-refractivity contribution < 1.29 is 14.7 Å². The van der Waals surface area contributed by atoms with Crippen molar-refractivity contribution in [2.75, 3.05) is 5.32 Å². The summed E-state index contributed by atoms with van der Waals surface area (Å²) >= 11 is 0. The molecule has 108 valence electrons. The fourth-order valence-corrected chi connectivity index (χ4v) is 1.82. The molecule has 0 radical (unpaired) electrons. The first-order valence-electron chi connectivity index (χ1n) is 6.14. The third kappa shape index (κ3) is 3.53. The van der Waals surface area contributed by atoms with Crippen molar-refractivity contribution in [3.63, 3.8) is 0 Å². The summed E-state index contributed by atoms with van der Waals surface area (Å²) in [4.78, 5) is 26.8. The minimum absolute atomic E-state index is 0.339. The number of aliphatic carboxylic acids is 1. The number of amides is 1. The van der Waals surface area contributed by atoms with Gasteiger partial charge in [0.2, 0.25) is 0 Å². The molecule has 0 aliphatic heterocycles. The summed E-state index contributed by atoms with van der Waals surface area (Å²) in [6.45, 7) is 1.79. The second-order valence-electron chi connectivity index (χ2n) is 4.39. The highest BCUT2D eigenvalue weighted by Crippen LogP contribution is 2.15. The molecule has 0 aromatic carbocycles. The van der Waals surface area contributed by atoms with Gasteiger partial charge in [0.1, 0.15) is 0 Å². The lowest BCUT2D eigenvalue weighted by Gasteiger charge is -2.06. The maximum atomic E-state index is 12.3. The quantitative estimate of drug-likeness (QED) is 0.830. The molecule has 2 rings (SSSR count). The smallest absolute Gasteiger partial charge is 0.328 e. The number of hydrogen-bond acceptors (Lipinski definition) is 4. The van der Waals surface area contributed by atoms with Crippen LogP contribution in [0.2, 0.25) is 0 Å². The van der Waals surface area contributed by atoms with Gasteiger partial charge in [-0.2, -0.15) is 5.10 Å². The van der Waals surface area contributed by atoms with Crippen molar-refractivity contribution in [1.29, 1.82) is 0 Å². The van der Waals surface area contributed by atoms with Crippen LogP contribution < -0.4 is 5.32 Å². The Morgan fingerprint density at radius 1 is 1.43 bits per heavy atom. The summed E-state index contributed by atoms with van der Waals surface area (Å²) in [6, 6.07) is 1.53. The molecule has 0 unspecified atom stereocenters. The summed E-state index contributed by atoms with van der Waals surface area (Å²) in [5, 5.41) is 15.5. The van der Waals surface area contributed by atoms with Gasteiger partial charge in [0, 0.05) is 42.8 Å². The molecule has 7 heteroatoms. The number of pyridine rings is 1. The van der Waals surface area contributed by atoms with E-state index in [0.717, 1.165) is 6.08 Å². The minimum Gasteiger partial charge on any atom is -0.478 e. The van der Waals surface area contributed by atoms with Crippen molar-refractivity contribution in [3.8, 4) is 0 Å². The Kier molecular flexibility index (Phi) is 4.13. The lowest BCUT2D eigenvalue weighted by molar-refractivity contribution is -0.131. The minimum atomic E-state index is -1.09. The Bertz CT molecular complexity index is 719. The second-order valence-corrected chi connectivity index (χ2v) is 4.39. The first-order chi connectivity index (χ1) is 9.97. The van der Waals surface area contributed by atoms with E-state index < -0.39 is 5.97 Å². The Morgan fingerprint density at radius 2 is 2.19 bits per heavy atom. The molecule has 2 heterocycles. The van der Waals surface area contributed by atoms with Gasteiger partial charge in [-0.15, -0.1) is 0 Å². The summed E-state index contributed by atoms with van der Waals surface area (Å²) in [5.41, 5.74) is 2.07. The second kappa shape index (κ2) is 6.00. The Labute approximate surface area is 120 Å². The Balaban J connectivity index is 2.27. The number of anilines is 1. The van der Waals surface area contributed by atoms with E-state index in [1.54, 1.807) is 24.9 Å². The average Bonchev–Trinajstić information content (AvgIpc) is 2.74. The van der Waals surface area contributed by atoms with Crippen LogP contribution in [0.25, 0.3) is 6.08 Å². The van der Waals surface area contributed by atoms with Crippen molar-refractivity contribution in [3.05, 3.63) is 47.6 Å². The van der Waals surface area contributed by atoms with Gasteiger partial charge in [0.05, 0.1) is 11.4 Å². The number of carboxylic acid groups (broad SMARTS) is 1. The normalized spacial score (nSPS) is 10.8. The molecular formula is C14H14N4O3. The zero-order chi connectivity index (χ0) is 15.4. The SMILES string of the molecule is Cc1nn(C)cc1NC(=O)c1ccncc1/C=C/C(=O)O. The van der Waals surface area contributed by atoms with Crippen LogP contribution in [0.5, 0.6) is 0 Å². The number of aryl methyl sites for hydroxylation is 2. The van der Waals surface area contributed by atoms with Gasteiger partial charge in [0.25, 0.3) is 5.91 Å². The third-order valence-electron chi connectivity index (χ3n) is 2.76. The average molecular weight is 286 g/mol. The first-order valence-corrected chi connectivity index (χ1v) is 6.14. The van der Waals surface area contributed by atoms with Crippen molar-refractivity contribution in [2.45, 2.75) is 6.92 Å². The molecule has 2 aromatic rings. The van der Waals surface area contributed by atoms with Gasteiger partial charge in [-0.25, -0.2) is 4.79 Å². The number of carbonyl (C=O) groups is 2. The Morgan fingerprint density at radius 3 is 2.81 bits per heavy atom. The maximum absolute atomic E-state index is 12.3. The van der Waals surface area contributed by atoms with Crippen molar-refractivity contribution >= 4 is 23.6 Å². The molecular weight excluding hydrogens is 272 g/mol. The van der Waals surface area contributed by atoms with Crippen molar-refractivity contribution in [2.24, 2.45) is 7.05 Å². The van der Waals surface area contributed by atoms with E-state index in [0.29, 0.717) is 22.5 Å². The molecule has 0 bridgehead atoms. The zero-order valence-electron chi connectivity index (χ0n) is 11.6. The highest BCUT2D eigenvalue weighted by molar-refractivity contribution is 6.07. The van der Waals surface area contributed by atoms with E-state index in [1.807, 2.05) is 0 Å². The molecule has 0 saturated carbocycles. The summed E-state index contributed by atoms with van der Waals surface area (Å²) < 4.78 is 1.60. The maximum Gasteiger partial charge on any atom is 0.328 e. The number of aromatic nitrogens is 3. The number of rotatable bonds is 4. The van der Waals surface area contributed by atoms with Crippen LogP contribution >= 0.6 is 0 Å². The van der Waals surface area contributed by atoms with Gasteiger partial charge in [-0.05, 0) is 19.1 Å². The molecule has 0 saturated heterocycles. The van der Waals surface area contributed by atoms with E-state index in [4.69, 9.17) is 5.11 Å². The topological polar surface area (TPSA) is 97.1 Å². The largest absolute Gasteiger partial charge is 0.478 e. The fourth-order valence-electron chi connectivity index (χ4n) is 1.82. The number of nitrogens with one attached hydrogen (secondary N) is 1. The number of carbonyl (C=O) groups excluding carboxylic acids is 1. The van der Waals surface area contributed by atoms with Crippen molar-refractivity contribution in [1.82, 2.24) is 14.8 Å². The van der Waals surface area contributed by atoms with E-state index >= 15 is 0 Å². The third-order valence-corrected chi connectivity index (χ3v) is 2.76. The Hall–Kier alpha value is -2.96. The molecule has 0 atom stereocenters. The summed E-state index contributed by atoms with van der Waals surface area (Å²) in [6.07, 6.45) is 6.90. The van der Waals surface area contributed by atoms with Gasteiger partial charge < -0.3 is 10.4 Å². The molecule has 0 spiro atoms.